The molecule has 28 heavy (non-hydrogen) atoms. The quantitative estimate of drug-likeness (QED) is 0.694. The lowest BCUT2D eigenvalue weighted by atomic mass is 9.82. The lowest BCUT2D eigenvalue weighted by molar-refractivity contribution is -0.120. The number of Topliss-reactive ketones (excluding diaryl/α,β-unsaturated/α-hetero) is 1. The average Bonchev–Trinajstić information content (AvgIpc) is 2.68. The SMILES string of the molecule is CCCC(CCC)C(=O)Nc1ncc2c(n1)C[C@@H](c1ccc(Cl)cc1)CC2=O. The van der Waals surface area contributed by atoms with Gasteiger partial charge in [0.05, 0.1) is 11.3 Å². The van der Waals surface area contributed by atoms with Gasteiger partial charge in [-0.2, -0.15) is 0 Å². The largest absolute Gasteiger partial charge is 0.294 e. The van der Waals surface area contributed by atoms with Crippen LogP contribution in [-0.2, 0) is 11.2 Å². The number of halogens is 1. The first-order chi connectivity index (χ1) is 13.5. The van der Waals surface area contributed by atoms with Gasteiger partial charge in [0.15, 0.2) is 5.78 Å². The summed E-state index contributed by atoms with van der Waals surface area (Å²) in [4.78, 5) is 33.8. The Balaban J connectivity index is 1.78. The molecule has 1 aliphatic carbocycles. The van der Waals surface area contributed by atoms with Crippen molar-refractivity contribution in [2.75, 3.05) is 5.32 Å². The number of fused-ring (bicyclic) bond motifs is 1. The summed E-state index contributed by atoms with van der Waals surface area (Å²) >= 11 is 5.97. The van der Waals surface area contributed by atoms with Gasteiger partial charge in [0.2, 0.25) is 11.9 Å². The van der Waals surface area contributed by atoms with Crippen molar-refractivity contribution < 1.29 is 9.59 Å². The van der Waals surface area contributed by atoms with Gasteiger partial charge in [-0.1, -0.05) is 50.4 Å². The Hall–Kier alpha value is -2.27. The number of benzene rings is 1. The number of ketones is 1. The number of carbonyl (C=O) groups excluding carboxylic acids is 2. The Morgan fingerprint density at radius 2 is 1.86 bits per heavy atom. The number of carbonyl (C=O) groups is 2. The van der Waals surface area contributed by atoms with Gasteiger partial charge in [-0.15, -0.1) is 0 Å². The zero-order chi connectivity index (χ0) is 20.1. The summed E-state index contributed by atoms with van der Waals surface area (Å²) in [6.45, 7) is 4.15. The molecule has 148 valence electrons. The third-order valence-electron chi connectivity index (χ3n) is 5.26. The van der Waals surface area contributed by atoms with Crippen LogP contribution in [-0.4, -0.2) is 21.7 Å². The molecule has 1 aliphatic rings. The number of aromatic nitrogens is 2. The van der Waals surface area contributed by atoms with Crippen molar-refractivity contribution in [2.24, 2.45) is 5.92 Å². The Morgan fingerprint density at radius 3 is 2.50 bits per heavy atom. The van der Waals surface area contributed by atoms with Gasteiger partial charge < -0.3 is 0 Å². The van der Waals surface area contributed by atoms with Crippen LogP contribution in [0.5, 0.6) is 0 Å². The Morgan fingerprint density at radius 1 is 1.18 bits per heavy atom. The molecule has 0 radical (unpaired) electrons. The van der Waals surface area contributed by atoms with Crippen molar-refractivity contribution in [2.45, 2.75) is 58.3 Å². The number of amides is 1. The number of anilines is 1. The van der Waals surface area contributed by atoms with Crippen molar-refractivity contribution >= 4 is 29.2 Å². The summed E-state index contributed by atoms with van der Waals surface area (Å²) in [5.41, 5.74) is 2.32. The van der Waals surface area contributed by atoms with Crippen LogP contribution in [0.4, 0.5) is 5.95 Å². The molecule has 1 N–H and O–H groups in total. The van der Waals surface area contributed by atoms with Gasteiger partial charge in [0.25, 0.3) is 0 Å². The van der Waals surface area contributed by atoms with Gasteiger partial charge in [0.1, 0.15) is 0 Å². The van der Waals surface area contributed by atoms with E-state index in [1.54, 1.807) is 6.20 Å². The highest BCUT2D eigenvalue weighted by Crippen LogP contribution is 2.32. The number of hydrogen-bond acceptors (Lipinski definition) is 4. The molecule has 1 heterocycles. The highest BCUT2D eigenvalue weighted by Gasteiger charge is 2.28. The van der Waals surface area contributed by atoms with E-state index in [0.29, 0.717) is 29.1 Å². The summed E-state index contributed by atoms with van der Waals surface area (Å²) in [6, 6.07) is 7.58. The molecule has 3 rings (SSSR count). The fourth-order valence-corrected chi connectivity index (χ4v) is 3.92. The standard InChI is InChI=1S/C22H26ClN3O2/c1-3-5-15(6-4-2)21(28)26-22-24-13-18-19(25-22)11-16(12-20(18)27)14-7-9-17(23)10-8-14/h7-10,13,15-16H,3-6,11-12H2,1-2H3,(H,24,25,26,28)/t16-/m1/s1. The summed E-state index contributed by atoms with van der Waals surface area (Å²) in [6.07, 6.45) is 6.23. The monoisotopic (exact) mass is 399 g/mol. The smallest absolute Gasteiger partial charge is 0.229 e. The van der Waals surface area contributed by atoms with Gasteiger partial charge in [0, 0.05) is 23.6 Å². The third-order valence-corrected chi connectivity index (χ3v) is 5.51. The molecule has 1 aromatic heterocycles. The molecule has 0 unspecified atom stereocenters. The van der Waals surface area contributed by atoms with Gasteiger partial charge in [-0.3, -0.25) is 14.9 Å². The Labute approximate surface area is 170 Å². The molecule has 5 nitrogen and oxygen atoms in total. The molecular formula is C22H26ClN3O2. The van der Waals surface area contributed by atoms with E-state index in [1.807, 2.05) is 24.3 Å². The second-order valence-electron chi connectivity index (χ2n) is 7.40. The molecule has 0 aliphatic heterocycles. The maximum Gasteiger partial charge on any atom is 0.229 e. The van der Waals surface area contributed by atoms with E-state index in [2.05, 4.69) is 29.1 Å². The zero-order valence-corrected chi connectivity index (χ0v) is 17.1. The Kier molecular flexibility index (Phi) is 6.79. The number of nitrogens with one attached hydrogen (secondary N) is 1. The molecule has 0 fully saturated rings. The van der Waals surface area contributed by atoms with Gasteiger partial charge in [-0.25, -0.2) is 9.97 Å². The van der Waals surface area contributed by atoms with Crippen LogP contribution >= 0.6 is 11.6 Å². The first-order valence-corrected chi connectivity index (χ1v) is 10.3. The predicted octanol–water partition coefficient (Wildman–Crippen LogP) is 5.20. The molecule has 6 heteroatoms. The third kappa shape index (κ3) is 4.76. The minimum Gasteiger partial charge on any atom is -0.294 e. The van der Waals surface area contributed by atoms with Crippen molar-refractivity contribution in [3.63, 3.8) is 0 Å². The zero-order valence-electron chi connectivity index (χ0n) is 16.4. The van der Waals surface area contributed by atoms with Crippen molar-refractivity contribution in [1.29, 1.82) is 0 Å². The fourth-order valence-electron chi connectivity index (χ4n) is 3.79. The minimum atomic E-state index is -0.0416. The molecule has 0 bridgehead atoms. The summed E-state index contributed by atoms with van der Waals surface area (Å²) in [5, 5.41) is 3.52. The first-order valence-electron chi connectivity index (χ1n) is 9.97. The molecule has 1 atom stereocenters. The van der Waals surface area contributed by atoms with E-state index < -0.39 is 0 Å². The average molecular weight is 400 g/mol. The van der Waals surface area contributed by atoms with E-state index >= 15 is 0 Å². The molecule has 2 aromatic rings. The number of rotatable bonds is 7. The molecule has 1 aromatic carbocycles. The summed E-state index contributed by atoms with van der Waals surface area (Å²) in [5.74, 6) is 0.307. The summed E-state index contributed by atoms with van der Waals surface area (Å²) in [7, 11) is 0. The molecular weight excluding hydrogens is 374 g/mol. The lowest BCUT2D eigenvalue weighted by Gasteiger charge is -2.23. The lowest BCUT2D eigenvalue weighted by Crippen LogP contribution is -2.26. The van der Waals surface area contributed by atoms with Crippen LogP contribution in [0, 0.1) is 5.92 Å². The highest BCUT2D eigenvalue weighted by molar-refractivity contribution is 6.30. The number of nitrogens with zero attached hydrogens (tertiary/aromatic N) is 2. The second kappa shape index (κ2) is 9.28. The molecule has 0 saturated heterocycles. The topological polar surface area (TPSA) is 72.0 Å². The molecule has 0 saturated carbocycles. The fraction of sp³-hybridized carbons (Fsp3) is 0.455. The second-order valence-corrected chi connectivity index (χ2v) is 7.83. The van der Waals surface area contributed by atoms with E-state index in [-0.39, 0.29) is 29.5 Å². The normalized spacial score (nSPS) is 16.1. The van der Waals surface area contributed by atoms with E-state index in [0.717, 1.165) is 31.2 Å². The van der Waals surface area contributed by atoms with Crippen molar-refractivity contribution in [3.8, 4) is 0 Å². The van der Waals surface area contributed by atoms with E-state index in [9.17, 15) is 9.59 Å². The highest BCUT2D eigenvalue weighted by atomic mass is 35.5. The minimum absolute atomic E-state index is 0.0296. The maximum atomic E-state index is 12.6. The first kappa shape index (κ1) is 20.5. The van der Waals surface area contributed by atoms with Crippen molar-refractivity contribution in [1.82, 2.24) is 9.97 Å². The van der Waals surface area contributed by atoms with Crippen molar-refractivity contribution in [3.05, 3.63) is 52.3 Å². The number of hydrogen-bond donors (Lipinski definition) is 1. The molecule has 1 amide bonds. The van der Waals surface area contributed by atoms with Crippen LogP contribution in [0.3, 0.4) is 0 Å². The molecule has 0 spiro atoms. The van der Waals surface area contributed by atoms with Crippen LogP contribution in [0.25, 0.3) is 0 Å². The van der Waals surface area contributed by atoms with E-state index in [4.69, 9.17) is 11.6 Å². The van der Waals surface area contributed by atoms with Crippen LogP contribution < -0.4 is 5.32 Å². The van der Waals surface area contributed by atoms with Crippen LogP contribution in [0.2, 0.25) is 5.02 Å². The van der Waals surface area contributed by atoms with E-state index in [1.165, 1.54) is 0 Å². The predicted molar refractivity (Wildman–Crippen MR) is 111 cm³/mol. The van der Waals surface area contributed by atoms with Crippen LogP contribution in [0.15, 0.2) is 30.5 Å². The van der Waals surface area contributed by atoms with Gasteiger partial charge >= 0.3 is 0 Å². The van der Waals surface area contributed by atoms with Gasteiger partial charge in [-0.05, 0) is 42.9 Å². The van der Waals surface area contributed by atoms with Crippen LogP contribution in [0.1, 0.15) is 73.5 Å². The Bertz CT molecular complexity index is 845. The maximum absolute atomic E-state index is 12.6. The summed E-state index contributed by atoms with van der Waals surface area (Å²) < 4.78 is 0.